The maximum atomic E-state index is 13.6. The number of nitrogens with zero attached hydrogens (tertiary/aromatic N) is 7. The molecule has 1 unspecified atom stereocenters. The Hall–Kier alpha value is -7.14. The average molecular weight is 1010 g/mol. The number of rotatable bonds is 15. The van der Waals surface area contributed by atoms with Crippen molar-refractivity contribution in [1.29, 1.82) is 0 Å². The quantitative estimate of drug-likeness (QED) is 0.0507. The minimum absolute atomic E-state index is 0.0354. The van der Waals surface area contributed by atoms with Crippen LogP contribution in [0.5, 0.6) is 5.75 Å². The number of imide groups is 1. The molecule has 3 fully saturated rings. The first-order valence-electron chi connectivity index (χ1n) is 26.2. The maximum Gasteiger partial charge on any atom is 0.381 e. The van der Waals surface area contributed by atoms with Gasteiger partial charge in [-0.15, -0.1) is 0 Å². The number of carbonyl (C=O) groups is 4. The second kappa shape index (κ2) is 21.4. The van der Waals surface area contributed by atoms with Gasteiger partial charge in [0.2, 0.25) is 11.8 Å². The third kappa shape index (κ3) is 10.5. The van der Waals surface area contributed by atoms with E-state index in [-0.39, 0.29) is 35.4 Å². The molecule has 7 aromatic rings. The second-order valence-electron chi connectivity index (χ2n) is 20.4. The van der Waals surface area contributed by atoms with Crippen LogP contribution in [0.1, 0.15) is 113 Å². The number of carbonyl (C=O) groups excluding carboxylic acids is 3. The smallest absolute Gasteiger partial charge is 0.381 e. The van der Waals surface area contributed by atoms with Gasteiger partial charge in [-0.05, 0) is 128 Å². The van der Waals surface area contributed by atoms with E-state index in [1.165, 1.54) is 30.6 Å². The minimum atomic E-state index is -1.11. The second-order valence-corrected chi connectivity index (χ2v) is 21.4. The number of nitrogens with one attached hydrogen (secondary N) is 2. The van der Waals surface area contributed by atoms with Gasteiger partial charge in [0.05, 0.1) is 58.1 Å². The van der Waals surface area contributed by atoms with Crippen molar-refractivity contribution in [3.05, 3.63) is 130 Å². The number of thiazole rings is 1. The fourth-order valence-corrected chi connectivity index (χ4v) is 12.3. The predicted molar refractivity (Wildman–Crippen MR) is 287 cm³/mol. The van der Waals surface area contributed by atoms with Crippen molar-refractivity contribution >= 4 is 73.4 Å². The van der Waals surface area contributed by atoms with E-state index in [1.807, 2.05) is 96.6 Å². The van der Waals surface area contributed by atoms with E-state index in [1.54, 1.807) is 6.07 Å². The van der Waals surface area contributed by atoms with E-state index < -0.39 is 5.97 Å². The molecule has 3 aromatic heterocycles. The van der Waals surface area contributed by atoms with E-state index >= 15 is 0 Å². The number of piperidine rings is 1. The number of carboxylic acid groups (broad SMARTS) is 1. The first-order chi connectivity index (χ1) is 36.0. The molecule has 3 N–H and O–H groups in total. The minimum Gasteiger partial charge on any atom is -0.490 e. The van der Waals surface area contributed by atoms with Crippen LogP contribution in [0.3, 0.4) is 0 Å². The molecule has 0 spiro atoms. The van der Waals surface area contributed by atoms with Gasteiger partial charge < -0.3 is 19.3 Å². The van der Waals surface area contributed by atoms with Crippen LogP contribution in [0, 0.1) is 12.8 Å². The van der Waals surface area contributed by atoms with Gasteiger partial charge >= 0.3 is 11.8 Å². The number of aromatic carboxylic acids is 1. The molecule has 4 aromatic carbocycles. The first kappa shape index (κ1) is 49.1. The van der Waals surface area contributed by atoms with Gasteiger partial charge in [0.15, 0.2) is 5.13 Å². The standard InChI is InChI=1S/C58H61N9O6S/c1-36-41(43-21-24-51(61-54(43)57(71)72)67-28-26-38-10-7-12-44(45(38)34-67)56(70)63-58-60-47-13-3-4-15-50(47)74-58)11-8-14-49(36)73-40-19-16-37(17-20-40)9-5-6-27-65-29-31-66(32-30-65)35-52-59-46-23-18-39(33-48(46)64(52)2)42-22-25-53(68)62-55(42)69/h3-4,7-8,10-15,18,21,23-24,33-34,37,40,42H,5-6,9,16-17,19-20,22,25-32,35H2,1-2H3,(H2-,60,62,63,68,69,70,71,72)/p+1. The van der Waals surface area contributed by atoms with Crippen molar-refractivity contribution in [2.45, 2.75) is 89.7 Å². The molecule has 1 aliphatic carbocycles. The van der Waals surface area contributed by atoms with Crippen LogP contribution in [0.15, 0.2) is 91.0 Å². The number of anilines is 1. The number of hydrogen-bond acceptors (Lipinski definition) is 11. The number of ether oxygens (including phenoxy) is 1. The first-order valence-corrected chi connectivity index (χ1v) is 27.0. The highest BCUT2D eigenvalue weighted by Gasteiger charge is 2.31. The van der Waals surface area contributed by atoms with Crippen LogP contribution >= 0.6 is 11.3 Å². The number of aryl methyl sites for hydroxylation is 1. The Balaban J connectivity index is 0.647. The molecule has 6 heterocycles. The number of hydrogen-bond donors (Lipinski definition) is 3. The summed E-state index contributed by atoms with van der Waals surface area (Å²) in [4.78, 5) is 70.1. The molecule has 1 saturated carbocycles. The molecular formula is C58H62N9O6S+. The normalized spacial score (nSPS) is 19.5. The number of amides is 3. The number of fused-ring (bicyclic) bond motifs is 3. The summed E-state index contributed by atoms with van der Waals surface area (Å²) >= 11 is 1.43. The summed E-state index contributed by atoms with van der Waals surface area (Å²) in [6.07, 6.45) is 11.5. The van der Waals surface area contributed by atoms with E-state index in [0.29, 0.717) is 53.8 Å². The highest BCUT2D eigenvalue weighted by atomic mass is 32.1. The Morgan fingerprint density at radius 1 is 0.838 bits per heavy atom. The third-order valence-electron chi connectivity index (χ3n) is 15.7. The molecule has 0 radical (unpaired) electrons. The topological polar surface area (TPSA) is 175 Å². The molecule has 380 valence electrons. The molecule has 3 amide bonds. The fourth-order valence-electron chi connectivity index (χ4n) is 11.4. The van der Waals surface area contributed by atoms with Gasteiger partial charge in [0, 0.05) is 63.3 Å². The number of para-hydroxylation sites is 1. The van der Waals surface area contributed by atoms with Gasteiger partial charge in [-0.3, -0.25) is 29.9 Å². The third-order valence-corrected chi connectivity index (χ3v) is 16.7. The van der Waals surface area contributed by atoms with E-state index in [2.05, 4.69) is 43.1 Å². The largest absolute Gasteiger partial charge is 0.490 e. The van der Waals surface area contributed by atoms with Crippen LogP contribution < -0.4 is 15.4 Å². The fraction of sp³-hybridized carbons (Fsp3) is 0.379. The molecule has 15 nitrogen and oxygen atoms in total. The van der Waals surface area contributed by atoms with Crippen molar-refractivity contribution < 1.29 is 33.6 Å². The number of aromatic nitrogens is 4. The highest BCUT2D eigenvalue weighted by molar-refractivity contribution is 7.22. The summed E-state index contributed by atoms with van der Waals surface area (Å²) in [6, 6.07) is 29.1. The van der Waals surface area contributed by atoms with E-state index in [4.69, 9.17) is 14.7 Å². The lowest BCUT2D eigenvalue weighted by Gasteiger charge is -2.34. The lowest BCUT2D eigenvalue weighted by molar-refractivity contribution is -0.440. The molecule has 74 heavy (non-hydrogen) atoms. The molecular weight excluding hydrogens is 951 g/mol. The molecule has 0 bridgehead atoms. The number of pyridine rings is 1. The van der Waals surface area contributed by atoms with Gasteiger partial charge in [-0.25, -0.2) is 19.3 Å². The van der Waals surface area contributed by atoms with E-state index in [9.17, 15) is 24.3 Å². The SMILES string of the molecule is Cc1c(OC2CCC(CCCCN3CCN(Cc4nc5ccc(C6CCC(=O)NC6=O)cc5n4C)CC3)CC2)cccc1-c1ccc([N+]2=Cc3c(cccc3C(=O)Nc3nc4ccccc4s3)CC2)nc1C(=O)O. The van der Waals surface area contributed by atoms with Crippen molar-refractivity contribution in [3.8, 4) is 16.9 Å². The summed E-state index contributed by atoms with van der Waals surface area (Å²) < 4.78 is 11.8. The Kier molecular flexibility index (Phi) is 14.2. The van der Waals surface area contributed by atoms with Crippen LogP contribution in [0.25, 0.3) is 32.4 Å². The zero-order valence-corrected chi connectivity index (χ0v) is 42.8. The average Bonchev–Trinajstić information content (AvgIpc) is 3.97. The van der Waals surface area contributed by atoms with Gasteiger partial charge in [-0.2, -0.15) is 0 Å². The Bertz CT molecular complexity index is 3300. The molecule has 1 atom stereocenters. The summed E-state index contributed by atoms with van der Waals surface area (Å²) in [5.74, 6) is 0.910. The molecule has 3 aliphatic heterocycles. The van der Waals surface area contributed by atoms with E-state index in [0.717, 1.165) is 126 Å². The molecule has 4 aliphatic rings. The van der Waals surface area contributed by atoms with Crippen LogP contribution in [0.2, 0.25) is 0 Å². The number of unbranched alkanes of at least 4 members (excludes halogenated alkanes) is 1. The number of benzene rings is 4. The number of piperazine rings is 1. The van der Waals surface area contributed by atoms with Crippen molar-refractivity contribution in [1.82, 2.24) is 34.6 Å². The lowest BCUT2D eigenvalue weighted by atomic mass is 9.84. The maximum absolute atomic E-state index is 13.6. The summed E-state index contributed by atoms with van der Waals surface area (Å²) in [5, 5.41) is 16.5. The monoisotopic (exact) mass is 1010 g/mol. The van der Waals surface area contributed by atoms with Gasteiger partial charge in [0.25, 0.3) is 11.6 Å². The van der Waals surface area contributed by atoms with Gasteiger partial charge in [-0.1, -0.05) is 66.6 Å². The highest BCUT2D eigenvalue weighted by Crippen LogP contribution is 2.37. The van der Waals surface area contributed by atoms with Crippen LogP contribution in [-0.4, -0.2) is 114 Å². The molecule has 16 heteroatoms. The summed E-state index contributed by atoms with van der Waals surface area (Å²) in [7, 11) is 2.05. The van der Waals surface area contributed by atoms with Crippen molar-refractivity contribution in [2.24, 2.45) is 13.0 Å². The Morgan fingerprint density at radius 3 is 2.46 bits per heavy atom. The van der Waals surface area contributed by atoms with Crippen molar-refractivity contribution in [3.63, 3.8) is 0 Å². The summed E-state index contributed by atoms with van der Waals surface area (Å²) in [5.41, 5.74) is 8.20. The zero-order valence-electron chi connectivity index (χ0n) is 42.0. The molecule has 2 saturated heterocycles. The molecule has 11 rings (SSSR count). The van der Waals surface area contributed by atoms with Crippen LogP contribution in [0.4, 0.5) is 10.9 Å². The predicted octanol–water partition coefficient (Wildman–Crippen LogP) is 9.27. The van der Waals surface area contributed by atoms with Crippen LogP contribution in [-0.2, 0) is 29.6 Å². The Labute approximate surface area is 434 Å². The lowest BCUT2D eigenvalue weighted by Crippen LogP contribution is -2.46. The van der Waals surface area contributed by atoms with Gasteiger partial charge in [0.1, 0.15) is 11.6 Å². The number of imidazole rings is 1. The Morgan fingerprint density at radius 2 is 1.65 bits per heavy atom. The zero-order chi connectivity index (χ0) is 50.9. The van der Waals surface area contributed by atoms with Crippen molar-refractivity contribution in [2.75, 3.05) is 44.6 Å². The number of carboxylic acids is 1. The summed E-state index contributed by atoms with van der Waals surface area (Å²) in [6.45, 7) is 8.61.